The first kappa shape index (κ1) is 14.7. The Hall–Kier alpha value is -0.340. The largest absolute Gasteiger partial charge is 0.383 e. The van der Waals surface area contributed by atoms with Crippen molar-refractivity contribution in [3.8, 4) is 0 Å². The van der Waals surface area contributed by atoms with Crippen molar-refractivity contribution in [2.24, 2.45) is 11.8 Å². The van der Waals surface area contributed by atoms with Crippen molar-refractivity contribution in [1.82, 2.24) is 5.32 Å². The molecule has 0 aromatic carbocycles. The third-order valence-electron chi connectivity index (χ3n) is 3.85. The van der Waals surface area contributed by atoms with Crippen LogP contribution in [0.15, 0.2) is 12.2 Å². The van der Waals surface area contributed by atoms with Crippen molar-refractivity contribution in [3.63, 3.8) is 0 Å². The van der Waals surface area contributed by atoms with Gasteiger partial charge in [-0.3, -0.25) is 0 Å². The highest BCUT2D eigenvalue weighted by molar-refractivity contribution is 4.91. The summed E-state index contributed by atoms with van der Waals surface area (Å²) in [6.07, 6.45) is 13.0. The zero-order valence-corrected chi connectivity index (χ0v) is 11.6. The van der Waals surface area contributed by atoms with E-state index < -0.39 is 0 Å². The van der Waals surface area contributed by atoms with Crippen LogP contribution in [0.2, 0.25) is 0 Å². The molecule has 0 unspecified atom stereocenters. The molecule has 100 valence electrons. The van der Waals surface area contributed by atoms with Crippen molar-refractivity contribution in [1.29, 1.82) is 0 Å². The van der Waals surface area contributed by atoms with Crippen LogP contribution in [0.5, 0.6) is 0 Å². The van der Waals surface area contributed by atoms with Gasteiger partial charge in [0.15, 0.2) is 0 Å². The lowest BCUT2D eigenvalue weighted by Crippen LogP contribution is -2.19. The maximum Gasteiger partial charge on any atom is 0.0587 e. The molecule has 1 N–H and O–H groups in total. The average Bonchev–Trinajstić information content (AvgIpc) is 2.38. The molecule has 1 rings (SSSR count). The topological polar surface area (TPSA) is 21.3 Å². The van der Waals surface area contributed by atoms with Crippen LogP contribution in [0, 0.1) is 11.8 Å². The van der Waals surface area contributed by atoms with Gasteiger partial charge in [0.25, 0.3) is 0 Å². The number of hydrogen-bond donors (Lipinski definition) is 1. The van der Waals surface area contributed by atoms with Crippen LogP contribution in [0.1, 0.15) is 45.4 Å². The number of rotatable bonds is 8. The maximum atomic E-state index is 4.98. The van der Waals surface area contributed by atoms with Gasteiger partial charge in [0.2, 0.25) is 0 Å². The zero-order valence-electron chi connectivity index (χ0n) is 11.6. The molecule has 2 heteroatoms. The predicted molar refractivity (Wildman–Crippen MR) is 74.2 cm³/mol. The van der Waals surface area contributed by atoms with Gasteiger partial charge in [0.1, 0.15) is 0 Å². The second-order valence-electron chi connectivity index (χ2n) is 5.15. The molecule has 0 amide bonds. The summed E-state index contributed by atoms with van der Waals surface area (Å²) in [5.41, 5.74) is 0. The van der Waals surface area contributed by atoms with Crippen LogP contribution in [0.3, 0.4) is 0 Å². The first-order chi connectivity index (χ1) is 8.36. The van der Waals surface area contributed by atoms with Crippen LogP contribution in [-0.2, 0) is 4.74 Å². The third-order valence-corrected chi connectivity index (χ3v) is 3.85. The lowest BCUT2D eigenvalue weighted by molar-refractivity contribution is 0.199. The lowest BCUT2D eigenvalue weighted by atomic mass is 9.81. The lowest BCUT2D eigenvalue weighted by Gasteiger charge is -2.25. The van der Waals surface area contributed by atoms with Crippen molar-refractivity contribution in [2.45, 2.75) is 45.4 Å². The smallest absolute Gasteiger partial charge is 0.0587 e. The highest BCUT2D eigenvalue weighted by Gasteiger charge is 2.17. The fraction of sp³-hybridized carbons (Fsp3) is 0.867. The van der Waals surface area contributed by atoms with Gasteiger partial charge in [-0.05, 0) is 50.5 Å². The van der Waals surface area contributed by atoms with Crippen LogP contribution >= 0.6 is 0 Å². The Morgan fingerprint density at radius 2 is 1.94 bits per heavy atom. The first-order valence-electron chi connectivity index (χ1n) is 7.23. The molecule has 2 nitrogen and oxygen atoms in total. The summed E-state index contributed by atoms with van der Waals surface area (Å²) in [5.74, 6) is 1.87. The zero-order chi connectivity index (χ0) is 12.3. The van der Waals surface area contributed by atoms with Crippen LogP contribution < -0.4 is 5.32 Å². The molecule has 0 heterocycles. The van der Waals surface area contributed by atoms with Gasteiger partial charge in [-0.15, -0.1) is 0 Å². The van der Waals surface area contributed by atoms with E-state index in [9.17, 15) is 0 Å². The van der Waals surface area contributed by atoms with Crippen LogP contribution in [0.25, 0.3) is 0 Å². The van der Waals surface area contributed by atoms with E-state index in [-0.39, 0.29) is 0 Å². The Kier molecular flexibility index (Phi) is 8.37. The standard InChI is InChI=1S/C15H29NO/c1-3-14-7-9-15(10-8-14)6-4-5-11-16-12-13-17-2/h4,6,14-16H,3,5,7-13H2,1-2H3/b6-4+. The molecule has 0 spiro atoms. The molecule has 1 aliphatic rings. The summed E-state index contributed by atoms with van der Waals surface area (Å²) in [5, 5.41) is 3.36. The summed E-state index contributed by atoms with van der Waals surface area (Å²) in [6.45, 7) is 5.17. The molecule has 0 atom stereocenters. The van der Waals surface area contributed by atoms with E-state index in [4.69, 9.17) is 4.74 Å². The summed E-state index contributed by atoms with van der Waals surface area (Å²) in [7, 11) is 1.74. The molecular formula is C15H29NO. The van der Waals surface area contributed by atoms with Crippen molar-refractivity contribution in [3.05, 3.63) is 12.2 Å². The molecule has 0 aromatic heterocycles. The maximum absolute atomic E-state index is 4.98. The number of hydrogen-bond acceptors (Lipinski definition) is 2. The number of methoxy groups -OCH3 is 1. The summed E-state index contributed by atoms with van der Waals surface area (Å²) in [4.78, 5) is 0. The molecule has 1 fully saturated rings. The Labute approximate surface area is 107 Å². The van der Waals surface area contributed by atoms with Crippen molar-refractivity contribution >= 4 is 0 Å². The molecule has 0 bridgehead atoms. The molecular weight excluding hydrogens is 210 g/mol. The minimum atomic E-state index is 0.810. The molecule has 1 saturated carbocycles. The molecule has 0 saturated heterocycles. The van der Waals surface area contributed by atoms with Crippen LogP contribution in [-0.4, -0.2) is 26.8 Å². The van der Waals surface area contributed by atoms with E-state index >= 15 is 0 Å². The Morgan fingerprint density at radius 1 is 1.18 bits per heavy atom. The van der Waals surface area contributed by atoms with E-state index in [0.717, 1.165) is 38.0 Å². The second-order valence-corrected chi connectivity index (χ2v) is 5.15. The SMILES string of the molecule is CCC1CCC(/C=C/CCNCCOC)CC1. The molecule has 1 aliphatic carbocycles. The van der Waals surface area contributed by atoms with E-state index in [1.165, 1.54) is 32.1 Å². The summed E-state index contributed by atoms with van der Waals surface area (Å²) < 4.78 is 4.98. The Bertz CT molecular complexity index is 195. The highest BCUT2D eigenvalue weighted by atomic mass is 16.5. The van der Waals surface area contributed by atoms with Gasteiger partial charge in [-0.1, -0.05) is 25.5 Å². The number of nitrogens with one attached hydrogen (secondary N) is 1. The van der Waals surface area contributed by atoms with Crippen molar-refractivity contribution < 1.29 is 4.74 Å². The average molecular weight is 239 g/mol. The molecule has 17 heavy (non-hydrogen) atoms. The van der Waals surface area contributed by atoms with Gasteiger partial charge in [0.05, 0.1) is 6.61 Å². The highest BCUT2D eigenvalue weighted by Crippen LogP contribution is 2.31. The Balaban J connectivity index is 1.98. The minimum absolute atomic E-state index is 0.810. The third kappa shape index (κ3) is 6.85. The minimum Gasteiger partial charge on any atom is -0.383 e. The molecule has 0 aliphatic heterocycles. The van der Waals surface area contributed by atoms with Crippen LogP contribution in [0.4, 0.5) is 0 Å². The van der Waals surface area contributed by atoms with Gasteiger partial charge in [-0.25, -0.2) is 0 Å². The number of ether oxygens (including phenoxy) is 1. The summed E-state index contributed by atoms with van der Waals surface area (Å²) in [6, 6.07) is 0. The van der Waals surface area contributed by atoms with E-state index in [0.29, 0.717) is 0 Å². The van der Waals surface area contributed by atoms with Gasteiger partial charge in [0, 0.05) is 13.7 Å². The molecule has 0 aromatic rings. The molecule has 0 radical (unpaired) electrons. The number of allylic oxidation sites excluding steroid dienone is 1. The monoisotopic (exact) mass is 239 g/mol. The van der Waals surface area contributed by atoms with Crippen molar-refractivity contribution in [2.75, 3.05) is 26.8 Å². The van der Waals surface area contributed by atoms with E-state index in [2.05, 4.69) is 24.4 Å². The predicted octanol–water partition coefficient (Wildman–Crippen LogP) is 3.39. The quantitative estimate of drug-likeness (QED) is 0.518. The van der Waals surface area contributed by atoms with E-state index in [1.54, 1.807) is 7.11 Å². The van der Waals surface area contributed by atoms with Gasteiger partial charge >= 0.3 is 0 Å². The van der Waals surface area contributed by atoms with Gasteiger partial charge < -0.3 is 10.1 Å². The second kappa shape index (κ2) is 9.67. The Morgan fingerprint density at radius 3 is 2.59 bits per heavy atom. The fourth-order valence-corrected chi connectivity index (χ4v) is 2.56. The van der Waals surface area contributed by atoms with E-state index in [1.807, 2.05) is 0 Å². The fourth-order valence-electron chi connectivity index (χ4n) is 2.56. The summed E-state index contributed by atoms with van der Waals surface area (Å²) >= 11 is 0. The normalized spacial score (nSPS) is 25.5. The van der Waals surface area contributed by atoms with Gasteiger partial charge in [-0.2, -0.15) is 0 Å². The first-order valence-corrected chi connectivity index (χ1v) is 7.23.